The molecule has 1 rings (SSSR count). The van der Waals surface area contributed by atoms with Crippen LogP contribution in [0.25, 0.3) is 0 Å². The fraction of sp³-hybridized carbons (Fsp3) is 0.545. The first kappa shape index (κ1) is 12.4. The minimum Gasteiger partial charge on any atom is -0.273 e. The zero-order valence-corrected chi connectivity index (χ0v) is 9.55. The summed E-state index contributed by atoms with van der Waals surface area (Å²) in [5.74, 6) is -1.19. The molecule has 1 saturated heterocycles. The molecule has 0 aromatic rings. The molecule has 1 aliphatic heterocycles. The smallest absolute Gasteiger partial charge is 0.273 e. The van der Waals surface area contributed by atoms with Crippen LogP contribution in [0.2, 0.25) is 0 Å². The third-order valence-corrected chi connectivity index (χ3v) is 2.49. The Labute approximate surface area is 94.3 Å². The van der Waals surface area contributed by atoms with Crippen LogP contribution >= 0.6 is 0 Å². The Hall–Kier alpha value is -1.65. The first-order valence-electron chi connectivity index (χ1n) is 5.42. The minimum absolute atomic E-state index is 0.0794. The number of carbonyl (C=O) groups is 3. The number of allylic oxidation sites excluding steroid dienone is 1. The summed E-state index contributed by atoms with van der Waals surface area (Å²) in [7, 11) is 0. The highest BCUT2D eigenvalue weighted by Crippen LogP contribution is 2.15. The van der Waals surface area contributed by atoms with Crippen LogP contribution in [0.3, 0.4) is 0 Å². The molecule has 0 bridgehead atoms. The Balaban J connectivity index is 2.75. The maximum Gasteiger partial charge on any atom is 0.328 e. The lowest BCUT2D eigenvalue weighted by Gasteiger charge is -2.16. The van der Waals surface area contributed by atoms with E-state index in [4.69, 9.17) is 0 Å². The van der Waals surface area contributed by atoms with E-state index in [-0.39, 0.29) is 5.57 Å². The number of unbranched alkanes of at least 4 members (excludes halogenated alkanes) is 2. The lowest BCUT2D eigenvalue weighted by molar-refractivity contribution is -0.124. The van der Waals surface area contributed by atoms with E-state index >= 15 is 0 Å². The molecule has 5 heteroatoms. The van der Waals surface area contributed by atoms with Crippen molar-refractivity contribution >= 4 is 17.8 Å². The molecule has 1 heterocycles. The average molecular weight is 224 g/mol. The summed E-state index contributed by atoms with van der Waals surface area (Å²) in [5, 5.41) is 4.13. The summed E-state index contributed by atoms with van der Waals surface area (Å²) in [6, 6.07) is -0.750. The Morgan fingerprint density at radius 3 is 2.12 bits per heavy atom. The molecule has 4 amide bonds. The summed E-state index contributed by atoms with van der Waals surface area (Å²) in [5.41, 5.74) is 0.812. The number of imide groups is 2. The van der Waals surface area contributed by atoms with Gasteiger partial charge in [0.1, 0.15) is 5.57 Å². The van der Waals surface area contributed by atoms with Gasteiger partial charge in [0.2, 0.25) is 0 Å². The fourth-order valence-electron chi connectivity index (χ4n) is 1.62. The highest BCUT2D eigenvalue weighted by molar-refractivity contribution is 6.29. The van der Waals surface area contributed by atoms with Gasteiger partial charge in [-0.25, -0.2) is 4.79 Å². The van der Waals surface area contributed by atoms with Crippen LogP contribution in [0.5, 0.6) is 0 Å². The lowest BCUT2D eigenvalue weighted by Crippen LogP contribution is -2.51. The molecule has 1 fully saturated rings. The largest absolute Gasteiger partial charge is 0.328 e. The Bertz CT molecular complexity index is 336. The van der Waals surface area contributed by atoms with Gasteiger partial charge in [-0.2, -0.15) is 0 Å². The molecule has 0 saturated carbocycles. The molecule has 88 valence electrons. The maximum atomic E-state index is 11.4. The summed E-state index contributed by atoms with van der Waals surface area (Å²) < 4.78 is 0. The van der Waals surface area contributed by atoms with E-state index in [0.717, 1.165) is 24.8 Å². The van der Waals surface area contributed by atoms with E-state index in [1.807, 2.05) is 0 Å². The Morgan fingerprint density at radius 2 is 1.62 bits per heavy atom. The third kappa shape index (κ3) is 2.92. The zero-order valence-electron chi connectivity index (χ0n) is 9.55. The zero-order chi connectivity index (χ0) is 12.1. The van der Waals surface area contributed by atoms with Gasteiger partial charge in [0.25, 0.3) is 11.8 Å². The fourth-order valence-corrected chi connectivity index (χ4v) is 1.62. The Morgan fingerprint density at radius 1 is 1.06 bits per heavy atom. The Kier molecular flexibility index (Phi) is 4.22. The number of urea groups is 1. The van der Waals surface area contributed by atoms with Crippen molar-refractivity contribution in [2.75, 3.05) is 0 Å². The quantitative estimate of drug-likeness (QED) is 0.428. The SMILES string of the molecule is CCCCCC(C)=C1C(=O)NC(=O)NC1=O. The van der Waals surface area contributed by atoms with Gasteiger partial charge < -0.3 is 0 Å². The lowest BCUT2D eigenvalue weighted by atomic mass is 10.0. The first-order valence-corrected chi connectivity index (χ1v) is 5.42. The molecule has 1 aliphatic rings. The standard InChI is InChI=1S/C11H16N2O3/c1-3-4-5-6-7(2)8-9(14)12-11(16)13-10(8)15/h3-6H2,1-2H3,(H2,12,13,14,15,16). The first-order chi connectivity index (χ1) is 7.56. The number of nitrogens with one attached hydrogen (secondary N) is 2. The van der Waals surface area contributed by atoms with Crippen LogP contribution in [0.15, 0.2) is 11.1 Å². The predicted molar refractivity (Wildman–Crippen MR) is 58.5 cm³/mol. The monoisotopic (exact) mass is 224 g/mol. The molecule has 5 nitrogen and oxygen atoms in total. The van der Waals surface area contributed by atoms with E-state index in [1.54, 1.807) is 6.92 Å². The molecule has 0 aliphatic carbocycles. The molecule has 0 radical (unpaired) electrons. The topological polar surface area (TPSA) is 75.3 Å². The summed E-state index contributed by atoms with van der Waals surface area (Å²) in [4.78, 5) is 33.7. The van der Waals surface area contributed by atoms with Gasteiger partial charge in [0.15, 0.2) is 0 Å². The number of barbiturate groups is 1. The van der Waals surface area contributed by atoms with E-state index in [1.165, 1.54) is 0 Å². The van der Waals surface area contributed by atoms with Crippen LogP contribution in [0.4, 0.5) is 4.79 Å². The summed E-state index contributed by atoms with van der Waals surface area (Å²) >= 11 is 0. The van der Waals surface area contributed by atoms with Gasteiger partial charge in [-0.05, 0) is 19.8 Å². The number of rotatable bonds is 4. The summed E-state index contributed by atoms with van der Waals surface area (Å²) in [6.45, 7) is 3.83. The number of carbonyl (C=O) groups excluding carboxylic acids is 3. The average Bonchev–Trinajstić information content (AvgIpc) is 2.16. The molecule has 16 heavy (non-hydrogen) atoms. The van der Waals surface area contributed by atoms with Gasteiger partial charge in [-0.1, -0.05) is 25.3 Å². The highest BCUT2D eigenvalue weighted by atomic mass is 16.2. The van der Waals surface area contributed by atoms with Crippen molar-refractivity contribution in [2.24, 2.45) is 0 Å². The molecule has 0 spiro atoms. The van der Waals surface area contributed by atoms with Crippen LogP contribution in [0, 0.1) is 0 Å². The van der Waals surface area contributed by atoms with Gasteiger partial charge in [-0.15, -0.1) is 0 Å². The van der Waals surface area contributed by atoms with Crippen molar-refractivity contribution in [1.29, 1.82) is 0 Å². The number of hydrogen-bond donors (Lipinski definition) is 2. The maximum absolute atomic E-state index is 11.4. The molecular weight excluding hydrogens is 208 g/mol. The molecule has 0 unspecified atom stereocenters. The second-order valence-corrected chi connectivity index (χ2v) is 3.85. The van der Waals surface area contributed by atoms with Crippen molar-refractivity contribution in [3.63, 3.8) is 0 Å². The van der Waals surface area contributed by atoms with Crippen molar-refractivity contribution in [3.05, 3.63) is 11.1 Å². The summed E-state index contributed by atoms with van der Waals surface area (Å²) in [6.07, 6.45) is 3.80. The van der Waals surface area contributed by atoms with Crippen LogP contribution in [-0.2, 0) is 9.59 Å². The third-order valence-electron chi connectivity index (χ3n) is 2.49. The minimum atomic E-state index is -0.750. The van der Waals surface area contributed by atoms with E-state index in [0.29, 0.717) is 6.42 Å². The predicted octanol–water partition coefficient (Wildman–Crippen LogP) is 1.25. The number of hydrogen-bond acceptors (Lipinski definition) is 3. The molecule has 0 aromatic carbocycles. The molecular formula is C11H16N2O3. The van der Waals surface area contributed by atoms with Crippen molar-refractivity contribution < 1.29 is 14.4 Å². The van der Waals surface area contributed by atoms with Crippen molar-refractivity contribution in [1.82, 2.24) is 10.6 Å². The van der Waals surface area contributed by atoms with Crippen LogP contribution in [-0.4, -0.2) is 17.8 Å². The normalized spacial score (nSPS) is 15.9. The highest BCUT2D eigenvalue weighted by Gasteiger charge is 2.29. The van der Waals surface area contributed by atoms with Gasteiger partial charge in [0.05, 0.1) is 0 Å². The van der Waals surface area contributed by atoms with E-state index in [2.05, 4.69) is 17.6 Å². The van der Waals surface area contributed by atoms with Gasteiger partial charge in [-0.3, -0.25) is 20.2 Å². The van der Waals surface area contributed by atoms with Gasteiger partial charge >= 0.3 is 6.03 Å². The van der Waals surface area contributed by atoms with E-state index in [9.17, 15) is 14.4 Å². The van der Waals surface area contributed by atoms with Crippen LogP contribution < -0.4 is 10.6 Å². The van der Waals surface area contributed by atoms with Crippen molar-refractivity contribution in [2.45, 2.75) is 39.5 Å². The van der Waals surface area contributed by atoms with Crippen molar-refractivity contribution in [3.8, 4) is 0 Å². The molecule has 0 atom stereocenters. The van der Waals surface area contributed by atoms with Gasteiger partial charge in [0, 0.05) is 0 Å². The second-order valence-electron chi connectivity index (χ2n) is 3.85. The van der Waals surface area contributed by atoms with E-state index < -0.39 is 17.8 Å². The number of amides is 4. The molecule has 0 aromatic heterocycles. The second kappa shape index (κ2) is 5.44. The van der Waals surface area contributed by atoms with Crippen LogP contribution in [0.1, 0.15) is 39.5 Å². The molecule has 2 N–H and O–H groups in total.